The molecular weight excluding hydrogens is 404 g/mol. The summed E-state index contributed by atoms with van der Waals surface area (Å²) in [6.45, 7) is 0.544. The van der Waals surface area contributed by atoms with Crippen LogP contribution in [0.3, 0.4) is 0 Å². The first kappa shape index (κ1) is 19.6. The number of fused-ring (bicyclic) bond motifs is 1. The van der Waals surface area contributed by atoms with E-state index in [9.17, 15) is 13.0 Å². The molecule has 0 amide bonds. The number of methoxy groups -OCH3 is 1. The molecule has 0 saturated heterocycles. The third-order valence-electron chi connectivity index (χ3n) is 3.60. The smallest absolute Gasteiger partial charge is 0.384 e. The van der Waals surface area contributed by atoms with E-state index in [1.54, 1.807) is 35.2 Å². The molecule has 0 aliphatic rings. The van der Waals surface area contributed by atoms with Gasteiger partial charge in [-0.05, 0) is 23.7 Å². The van der Waals surface area contributed by atoms with Crippen molar-refractivity contribution in [2.24, 2.45) is 4.36 Å². The lowest BCUT2D eigenvalue weighted by atomic mass is 10.2. The van der Waals surface area contributed by atoms with Gasteiger partial charge in [-0.2, -0.15) is 13.8 Å². The second-order valence-corrected chi connectivity index (χ2v) is 8.84. The van der Waals surface area contributed by atoms with E-state index >= 15 is 0 Å². The van der Waals surface area contributed by atoms with Gasteiger partial charge in [-0.25, -0.2) is 13.6 Å². The zero-order valence-electron chi connectivity index (χ0n) is 14.4. The van der Waals surface area contributed by atoms with Crippen molar-refractivity contribution in [1.82, 2.24) is 19.5 Å². The number of imidazole rings is 1. The summed E-state index contributed by atoms with van der Waals surface area (Å²) >= 11 is 4.87. The van der Waals surface area contributed by atoms with Gasteiger partial charge in [0.1, 0.15) is 5.65 Å². The number of aromatic nitrogens is 4. The Balaban J connectivity index is 1.84. The summed E-state index contributed by atoms with van der Waals surface area (Å²) in [5, 5.41) is -0.221. The fraction of sp³-hybridized carbons (Fsp3) is 0.400. The van der Waals surface area contributed by atoms with Crippen molar-refractivity contribution < 1.29 is 22.2 Å². The number of halogens is 3. The van der Waals surface area contributed by atoms with Crippen molar-refractivity contribution in [1.29, 1.82) is 0 Å². The van der Waals surface area contributed by atoms with E-state index in [1.165, 1.54) is 7.11 Å². The van der Waals surface area contributed by atoms with Crippen molar-refractivity contribution in [3.05, 3.63) is 36.1 Å². The van der Waals surface area contributed by atoms with Crippen LogP contribution >= 0.6 is 11.6 Å². The van der Waals surface area contributed by atoms with Gasteiger partial charge < -0.3 is 13.7 Å². The van der Waals surface area contributed by atoms with E-state index in [0.717, 1.165) is 0 Å². The lowest BCUT2D eigenvalue weighted by Crippen LogP contribution is -2.09. The maximum Gasteiger partial charge on any atom is 0.400 e. The van der Waals surface area contributed by atoms with Gasteiger partial charge in [0, 0.05) is 41.1 Å². The highest BCUT2D eigenvalue weighted by molar-refractivity contribution is 7.92. The highest BCUT2D eigenvalue weighted by Crippen LogP contribution is 2.32. The molecule has 12 heteroatoms. The van der Waals surface area contributed by atoms with Crippen LogP contribution in [0, 0.1) is 0 Å². The number of ether oxygens (including phenoxy) is 1. The van der Waals surface area contributed by atoms with Crippen LogP contribution in [0.4, 0.5) is 8.78 Å². The van der Waals surface area contributed by atoms with Crippen LogP contribution < -0.4 is 0 Å². The van der Waals surface area contributed by atoms with Crippen molar-refractivity contribution in [2.45, 2.75) is 11.9 Å². The standard InChI is InChI=1S/C15H16ClF2N5O3S/c1-25-5-6-27(2,24)19-8-11-9-23-4-3-10(7-12(23)20-11)13-21-14(26-22-13)15(16,17)18/h3-4,7,9H,5-6,8H2,1-2H3. The quantitative estimate of drug-likeness (QED) is 0.546. The number of hydrogen-bond donors (Lipinski definition) is 0. The Bertz CT molecular complexity index is 1070. The fourth-order valence-corrected chi connectivity index (χ4v) is 3.30. The summed E-state index contributed by atoms with van der Waals surface area (Å²) in [4.78, 5) is 7.99. The van der Waals surface area contributed by atoms with Crippen LogP contribution in [0.1, 0.15) is 11.6 Å². The fourth-order valence-electron chi connectivity index (χ4n) is 2.21. The summed E-state index contributed by atoms with van der Waals surface area (Å²) in [6, 6.07) is 3.23. The largest absolute Gasteiger partial charge is 0.400 e. The summed E-state index contributed by atoms with van der Waals surface area (Å²) in [6.07, 6.45) is 4.98. The average Bonchev–Trinajstić information content (AvgIpc) is 3.24. The number of rotatable bonds is 7. The van der Waals surface area contributed by atoms with E-state index in [0.29, 0.717) is 29.3 Å². The molecule has 3 heterocycles. The van der Waals surface area contributed by atoms with Crippen molar-refractivity contribution >= 4 is 27.0 Å². The van der Waals surface area contributed by atoms with Gasteiger partial charge in [-0.1, -0.05) is 5.16 Å². The second-order valence-electron chi connectivity index (χ2n) is 5.78. The molecule has 0 radical (unpaired) electrons. The van der Waals surface area contributed by atoms with E-state index < -0.39 is 21.0 Å². The molecule has 3 rings (SSSR count). The van der Waals surface area contributed by atoms with Gasteiger partial charge >= 0.3 is 11.3 Å². The number of pyridine rings is 1. The molecule has 0 fully saturated rings. The number of hydrogen-bond acceptors (Lipinski definition) is 7. The molecule has 0 saturated carbocycles. The number of alkyl halides is 3. The number of nitrogens with zero attached hydrogens (tertiary/aromatic N) is 5. The normalized spacial score (nSPS) is 14.4. The third kappa shape index (κ3) is 4.79. The summed E-state index contributed by atoms with van der Waals surface area (Å²) in [7, 11) is -0.819. The Morgan fingerprint density at radius 2 is 2.22 bits per heavy atom. The molecule has 3 aromatic heterocycles. The van der Waals surface area contributed by atoms with Crippen LogP contribution in [0.25, 0.3) is 17.0 Å². The monoisotopic (exact) mass is 419 g/mol. The van der Waals surface area contributed by atoms with Gasteiger partial charge in [0.25, 0.3) is 0 Å². The average molecular weight is 420 g/mol. The zero-order valence-corrected chi connectivity index (χ0v) is 16.0. The van der Waals surface area contributed by atoms with Gasteiger partial charge in [0.15, 0.2) is 0 Å². The Morgan fingerprint density at radius 3 is 2.89 bits per heavy atom. The van der Waals surface area contributed by atoms with Crippen molar-refractivity contribution in [3.8, 4) is 11.4 Å². The van der Waals surface area contributed by atoms with E-state index in [2.05, 4.69) is 24.0 Å². The predicted octanol–water partition coefficient (Wildman–Crippen LogP) is 2.92. The molecule has 0 aromatic carbocycles. The molecule has 1 atom stereocenters. The van der Waals surface area contributed by atoms with Crippen LogP contribution in [0.5, 0.6) is 0 Å². The molecule has 0 aliphatic heterocycles. The third-order valence-corrected chi connectivity index (χ3v) is 5.36. The van der Waals surface area contributed by atoms with Crippen LogP contribution in [-0.4, -0.2) is 49.5 Å². The topological polar surface area (TPSA) is 94.9 Å². The van der Waals surface area contributed by atoms with Gasteiger partial charge in [0.2, 0.25) is 5.82 Å². The highest BCUT2D eigenvalue weighted by atomic mass is 35.5. The Kier molecular flexibility index (Phi) is 5.45. The maximum atomic E-state index is 13.0. The molecule has 27 heavy (non-hydrogen) atoms. The van der Waals surface area contributed by atoms with Crippen LogP contribution in [0.2, 0.25) is 0 Å². The Labute approximate surface area is 158 Å². The molecule has 8 nitrogen and oxygen atoms in total. The summed E-state index contributed by atoms with van der Waals surface area (Å²) in [5.41, 5.74) is 1.58. The molecule has 146 valence electrons. The van der Waals surface area contributed by atoms with Crippen molar-refractivity contribution in [3.63, 3.8) is 0 Å². The van der Waals surface area contributed by atoms with Crippen molar-refractivity contribution in [2.75, 3.05) is 25.7 Å². The molecule has 0 N–H and O–H groups in total. The van der Waals surface area contributed by atoms with Gasteiger partial charge in [-0.3, -0.25) is 0 Å². The highest BCUT2D eigenvalue weighted by Gasteiger charge is 2.35. The molecule has 0 bridgehead atoms. The predicted molar refractivity (Wildman–Crippen MR) is 95.2 cm³/mol. The summed E-state index contributed by atoms with van der Waals surface area (Å²) < 4.78 is 53.6. The Hall–Kier alpha value is -2.11. The van der Waals surface area contributed by atoms with Gasteiger partial charge in [-0.15, -0.1) is 0 Å². The maximum absolute atomic E-state index is 13.0. The minimum atomic E-state index is -3.73. The van der Waals surface area contributed by atoms with Crippen LogP contribution in [-0.2, 0) is 26.4 Å². The lowest BCUT2D eigenvalue weighted by molar-refractivity contribution is 0.0551. The lowest BCUT2D eigenvalue weighted by Gasteiger charge is -2.02. The Morgan fingerprint density at radius 1 is 1.44 bits per heavy atom. The molecular formula is C15H16ClF2N5O3S. The molecule has 0 aliphatic carbocycles. The first-order chi connectivity index (χ1) is 12.7. The second kappa shape index (κ2) is 7.49. The SMILES string of the molecule is COCCS(C)(=O)=NCc1cn2ccc(-c3noc(C(F)(F)Cl)n3)cc2n1. The minimum Gasteiger partial charge on any atom is -0.384 e. The van der Waals surface area contributed by atoms with Crippen LogP contribution in [0.15, 0.2) is 33.4 Å². The summed E-state index contributed by atoms with van der Waals surface area (Å²) in [5.74, 6) is -0.666. The van der Waals surface area contributed by atoms with Gasteiger partial charge in [0.05, 0.1) is 24.6 Å². The first-order valence-corrected chi connectivity index (χ1v) is 10.2. The van der Waals surface area contributed by atoms with E-state index in [-0.39, 0.29) is 12.4 Å². The first-order valence-electron chi connectivity index (χ1n) is 7.71. The molecule has 1 unspecified atom stereocenters. The molecule has 3 aromatic rings. The van der Waals surface area contributed by atoms with E-state index in [4.69, 9.17) is 16.3 Å². The molecule has 0 spiro atoms. The van der Waals surface area contributed by atoms with E-state index in [1.807, 2.05) is 0 Å². The minimum absolute atomic E-state index is 0.0294. The zero-order chi connectivity index (χ0) is 19.7.